The predicted octanol–water partition coefficient (Wildman–Crippen LogP) is 1.36. The number of pyridine rings is 1. The number of fused-ring (bicyclic) bond motifs is 1. The first kappa shape index (κ1) is 19.2. The fraction of sp³-hybridized carbons (Fsp3) is 0.571. The minimum absolute atomic E-state index is 0.152. The number of likely N-dealkylation sites (N-methyl/N-ethyl adjacent to an activating group) is 1. The molecule has 2 aliphatic heterocycles. The Morgan fingerprint density at radius 2 is 1.71 bits per heavy atom. The van der Waals surface area contributed by atoms with Gasteiger partial charge in [0.2, 0.25) is 0 Å². The van der Waals surface area contributed by atoms with Gasteiger partial charge in [-0.05, 0) is 37.7 Å². The van der Waals surface area contributed by atoms with Gasteiger partial charge in [-0.2, -0.15) is 0 Å². The summed E-state index contributed by atoms with van der Waals surface area (Å²) in [6, 6.07) is 6.05. The smallest absolute Gasteiger partial charge is 0.145 e. The van der Waals surface area contributed by atoms with E-state index in [4.69, 9.17) is 14.5 Å². The number of β-amino-alcohol motifs (C(OH)–C–C–N with tert-alkyl or cyclic N) is 1. The normalized spacial score (nSPS) is 24.1. The summed E-state index contributed by atoms with van der Waals surface area (Å²) in [5.41, 5.74) is 1.89. The summed E-state index contributed by atoms with van der Waals surface area (Å²) in [5.74, 6) is 2.41. The third-order valence-corrected chi connectivity index (χ3v) is 6.10. The molecule has 0 saturated carbocycles. The standard InChI is InChI=1S/C21H30N4O3/c1-14-11-19(22-21-18(28-4)6-5-17(27-3)20(14)21)25-12-15(16(26)13-25)24-9-7-23(2)8-10-24/h5-6,11,15-16,26H,7-10,12-13H2,1-4H3/t15-,16-/m1/s1. The van der Waals surface area contributed by atoms with Gasteiger partial charge in [-0.15, -0.1) is 0 Å². The number of benzene rings is 1. The molecule has 2 aliphatic rings. The molecular weight excluding hydrogens is 356 g/mol. The van der Waals surface area contributed by atoms with Gasteiger partial charge in [0.25, 0.3) is 0 Å². The zero-order valence-electron chi connectivity index (χ0n) is 17.2. The van der Waals surface area contributed by atoms with Crippen molar-refractivity contribution in [3.63, 3.8) is 0 Å². The van der Waals surface area contributed by atoms with E-state index in [1.165, 1.54) is 0 Å². The Kier molecular flexibility index (Phi) is 5.31. The lowest BCUT2D eigenvalue weighted by molar-refractivity contribution is 0.0512. The van der Waals surface area contributed by atoms with Crippen LogP contribution in [0.25, 0.3) is 10.9 Å². The maximum absolute atomic E-state index is 10.7. The number of piperazine rings is 1. The molecule has 152 valence electrons. The quantitative estimate of drug-likeness (QED) is 0.851. The van der Waals surface area contributed by atoms with Gasteiger partial charge in [-0.25, -0.2) is 4.98 Å². The van der Waals surface area contributed by atoms with Crippen molar-refractivity contribution in [2.24, 2.45) is 0 Å². The summed E-state index contributed by atoms with van der Waals surface area (Å²) in [7, 11) is 5.48. The maximum Gasteiger partial charge on any atom is 0.145 e. The van der Waals surface area contributed by atoms with Crippen LogP contribution in [0, 0.1) is 6.92 Å². The minimum Gasteiger partial charge on any atom is -0.496 e. The molecule has 28 heavy (non-hydrogen) atoms. The minimum atomic E-state index is -0.367. The number of aromatic nitrogens is 1. The highest BCUT2D eigenvalue weighted by Gasteiger charge is 2.37. The highest BCUT2D eigenvalue weighted by atomic mass is 16.5. The number of methoxy groups -OCH3 is 2. The van der Waals surface area contributed by atoms with E-state index in [9.17, 15) is 5.11 Å². The number of aryl methyl sites for hydroxylation is 1. The number of rotatable bonds is 4. The molecule has 1 aromatic carbocycles. The SMILES string of the molecule is COc1ccc(OC)c2c(C)cc(N3C[C@@H](O)[C@H](N4CCN(C)CC4)C3)nc12. The summed E-state index contributed by atoms with van der Waals surface area (Å²) in [6.07, 6.45) is -0.367. The molecule has 7 heteroatoms. The van der Waals surface area contributed by atoms with Crippen molar-refractivity contribution in [1.29, 1.82) is 0 Å². The van der Waals surface area contributed by atoms with Gasteiger partial charge in [0.05, 0.1) is 26.4 Å². The zero-order valence-corrected chi connectivity index (χ0v) is 17.2. The van der Waals surface area contributed by atoms with Crippen LogP contribution in [0.5, 0.6) is 11.5 Å². The average molecular weight is 386 g/mol. The van der Waals surface area contributed by atoms with E-state index in [1.54, 1.807) is 14.2 Å². The van der Waals surface area contributed by atoms with Crippen molar-refractivity contribution < 1.29 is 14.6 Å². The van der Waals surface area contributed by atoms with Crippen molar-refractivity contribution in [2.45, 2.75) is 19.1 Å². The number of aliphatic hydroxyl groups is 1. The van der Waals surface area contributed by atoms with Crippen LogP contribution in [0.4, 0.5) is 5.82 Å². The van der Waals surface area contributed by atoms with Crippen LogP contribution in [0.1, 0.15) is 5.56 Å². The number of hydrogen-bond donors (Lipinski definition) is 1. The van der Waals surface area contributed by atoms with E-state index in [0.29, 0.717) is 6.54 Å². The van der Waals surface area contributed by atoms with Crippen LogP contribution >= 0.6 is 0 Å². The first-order chi connectivity index (χ1) is 13.5. The van der Waals surface area contributed by atoms with Gasteiger partial charge >= 0.3 is 0 Å². The van der Waals surface area contributed by atoms with Gasteiger partial charge in [-0.1, -0.05) is 0 Å². The van der Waals surface area contributed by atoms with E-state index in [1.807, 2.05) is 12.1 Å². The van der Waals surface area contributed by atoms with Gasteiger partial charge in [0, 0.05) is 44.7 Å². The third kappa shape index (κ3) is 3.38. The Bertz CT molecular complexity index is 851. The van der Waals surface area contributed by atoms with Crippen molar-refractivity contribution in [3.05, 3.63) is 23.8 Å². The molecule has 0 aliphatic carbocycles. The van der Waals surface area contributed by atoms with Crippen LogP contribution in [0.3, 0.4) is 0 Å². The van der Waals surface area contributed by atoms with Crippen molar-refractivity contribution in [3.8, 4) is 11.5 Å². The van der Waals surface area contributed by atoms with Crippen molar-refractivity contribution in [1.82, 2.24) is 14.8 Å². The lowest BCUT2D eigenvalue weighted by Gasteiger charge is -2.37. The van der Waals surface area contributed by atoms with Gasteiger partial charge < -0.3 is 24.4 Å². The first-order valence-corrected chi connectivity index (χ1v) is 9.89. The largest absolute Gasteiger partial charge is 0.496 e. The molecule has 4 rings (SSSR count). The second-order valence-electron chi connectivity index (χ2n) is 7.87. The average Bonchev–Trinajstić information content (AvgIpc) is 3.09. The van der Waals surface area contributed by atoms with Gasteiger partial charge in [0.15, 0.2) is 0 Å². The monoisotopic (exact) mass is 386 g/mol. The van der Waals surface area contributed by atoms with Crippen molar-refractivity contribution in [2.75, 3.05) is 65.4 Å². The van der Waals surface area contributed by atoms with Gasteiger partial charge in [-0.3, -0.25) is 4.90 Å². The lowest BCUT2D eigenvalue weighted by atomic mass is 10.1. The second kappa shape index (κ2) is 7.73. The summed E-state index contributed by atoms with van der Waals surface area (Å²) in [4.78, 5) is 11.9. The molecule has 0 spiro atoms. The molecule has 2 atom stereocenters. The molecule has 1 N–H and O–H groups in total. The molecule has 1 aromatic heterocycles. The number of aliphatic hydroxyl groups excluding tert-OH is 1. The topological polar surface area (TPSA) is 61.3 Å². The summed E-state index contributed by atoms with van der Waals surface area (Å²) >= 11 is 0. The van der Waals surface area contributed by atoms with E-state index in [2.05, 4.69) is 34.7 Å². The van der Waals surface area contributed by atoms with Crippen LogP contribution < -0.4 is 14.4 Å². The molecule has 7 nitrogen and oxygen atoms in total. The Labute approximate surface area is 166 Å². The molecule has 2 saturated heterocycles. The van der Waals surface area contributed by atoms with E-state index in [-0.39, 0.29) is 12.1 Å². The van der Waals surface area contributed by atoms with Gasteiger partial charge in [0.1, 0.15) is 22.8 Å². The zero-order chi connectivity index (χ0) is 19.8. The molecule has 2 fully saturated rings. The lowest BCUT2D eigenvalue weighted by Crippen LogP contribution is -2.52. The number of ether oxygens (including phenoxy) is 2. The molecule has 0 bridgehead atoms. The Hall–Kier alpha value is -2.09. The summed E-state index contributed by atoms with van der Waals surface area (Å²) < 4.78 is 11.1. The predicted molar refractivity (Wildman–Crippen MR) is 111 cm³/mol. The highest BCUT2D eigenvalue weighted by molar-refractivity contribution is 5.94. The highest BCUT2D eigenvalue weighted by Crippen LogP contribution is 2.36. The second-order valence-corrected chi connectivity index (χ2v) is 7.87. The van der Waals surface area contributed by atoms with Crippen LogP contribution in [-0.4, -0.2) is 92.6 Å². The Morgan fingerprint density at radius 1 is 1.04 bits per heavy atom. The Balaban J connectivity index is 1.64. The third-order valence-electron chi connectivity index (χ3n) is 6.10. The molecule has 0 radical (unpaired) electrons. The van der Waals surface area contributed by atoms with Crippen molar-refractivity contribution >= 4 is 16.7 Å². The van der Waals surface area contributed by atoms with Crippen LogP contribution in [0.2, 0.25) is 0 Å². The molecular formula is C21H30N4O3. The number of hydrogen-bond acceptors (Lipinski definition) is 7. The molecule has 3 heterocycles. The fourth-order valence-corrected chi connectivity index (χ4v) is 4.42. The number of nitrogens with zero attached hydrogens (tertiary/aromatic N) is 4. The molecule has 0 unspecified atom stereocenters. The molecule has 2 aromatic rings. The number of anilines is 1. The summed E-state index contributed by atoms with van der Waals surface area (Å²) in [6.45, 7) is 7.56. The Morgan fingerprint density at radius 3 is 2.39 bits per heavy atom. The van der Waals surface area contributed by atoms with E-state index < -0.39 is 0 Å². The first-order valence-electron chi connectivity index (χ1n) is 9.89. The fourth-order valence-electron chi connectivity index (χ4n) is 4.42. The van der Waals surface area contributed by atoms with E-state index >= 15 is 0 Å². The maximum atomic E-state index is 10.7. The van der Waals surface area contributed by atoms with E-state index in [0.717, 1.165) is 66.5 Å². The van der Waals surface area contributed by atoms with Crippen LogP contribution in [-0.2, 0) is 0 Å². The molecule has 0 amide bonds. The summed E-state index contributed by atoms with van der Waals surface area (Å²) in [5, 5.41) is 11.7. The van der Waals surface area contributed by atoms with Crippen LogP contribution in [0.15, 0.2) is 18.2 Å².